The number of aromatic nitrogens is 4. The van der Waals surface area contributed by atoms with Gasteiger partial charge in [-0.25, -0.2) is 13.5 Å². The van der Waals surface area contributed by atoms with Crippen LogP contribution in [0.25, 0.3) is 5.82 Å². The zero-order valence-electron chi connectivity index (χ0n) is 16.8. The fourth-order valence-electron chi connectivity index (χ4n) is 3.66. The van der Waals surface area contributed by atoms with Gasteiger partial charge in [0.1, 0.15) is 11.6 Å². The summed E-state index contributed by atoms with van der Waals surface area (Å²) >= 11 is 0. The Hall–Kier alpha value is -3.36. The van der Waals surface area contributed by atoms with Crippen molar-refractivity contribution in [1.29, 1.82) is 0 Å². The molecule has 0 saturated carbocycles. The standard InChI is InChI=1S/C21H22F2N6O/c1-13-11-14(2)29(27-13)20-6-5-19(25-26-20)28-9-7-15(8-10-28)21(30)24-18-12-16(22)3-4-17(18)23/h3-6,11-12,15H,7-10H2,1-2H3,(H,24,30). The Morgan fingerprint density at radius 2 is 1.73 bits per heavy atom. The van der Waals surface area contributed by atoms with Gasteiger partial charge in [-0.3, -0.25) is 4.79 Å². The maximum absolute atomic E-state index is 13.8. The van der Waals surface area contributed by atoms with E-state index in [1.165, 1.54) is 0 Å². The van der Waals surface area contributed by atoms with Gasteiger partial charge in [-0.2, -0.15) is 5.10 Å². The van der Waals surface area contributed by atoms with Gasteiger partial charge >= 0.3 is 0 Å². The van der Waals surface area contributed by atoms with Gasteiger partial charge in [-0.1, -0.05) is 0 Å². The summed E-state index contributed by atoms with van der Waals surface area (Å²) < 4.78 is 28.8. The molecule has 7 nitrogen and oxygen atoms in total. The molecule has 0 spiro atoms. The molecule has 0 aliphatic carbocycles. The van der Waals surface area contributed by atoms with Crippen molar-refractivity contribution in [3.05, 3.63) is 59.4 Å². The fourth-order valence-corrected chi connectivity index (χ4v) is 3.66. The van der Waals surface area contributed by atoms with E-state index in [1.54, 1.807) is 4.68 Å². The number of benzene rings is 1. The van der Waals surface area contributed by atoms with Crippen molar-refractivity contribution < 1.29 is 13.6 Å². The Morgan fingerprint density at radius 1 is 1.03 bits per heavy atom. The quantitative estimate of drug-likeness (QED) is 0.711. The molecule has 4 rings (SSSR count). The van der Waals surface area contributed by atoms with Crippen LogP contribution in [0.15, 0.2) is 36.4 Å². The van der Waals surface area contributed by atoms with Crippen LogP contribution in [-0.2, 0) is 4.79 Å². The van der Waals surface area contributed by atoms with E-state index in [2.05, 4.69) is 25.5 Å². The number of rotatable bonds is 4. The second-order valence-electron chi connectivity index (χ2n) is 7.46. The molecule has 0 radical (unpaired) electrons. The van der Waals surface area contributed by atoms with Crippen molar-refractivity contribution in [2.75, 3.05) is 23.3 Å². The van der Waals surface area contributed by atoms with Crippen LogP contribution in [0.1, 0.15) is 24.2 Å². The maximum atomic E-state index is 13.8. The van der Waals surface area contributed by atoms with Crippen LogP contribution in [-0.4, -0.2) is 39.0 Å². The molecular formula is C21H22F2N6O. The van der Waals surface area contributed by atoms with E-state index in [-0.39, 0.29) is 17.5 Å². The summed E-state index contributed by atoms with van der Waals surface area (Å²) in [6, 6.07) is 8.74. The molecule has 0 unspecified atom stereocenters. The summed E-state index contributed by atoms with van der Waals surface area (Å²) in [6.45, 7) is 5.13. The molecule has 2 aromatic heterocycles. The third-order valence-electron chi connectivity index (χ3n) is 5.24. The van der Waals surface area contributed by atoms with E-state index in [4.69, 9.17) is 0 Å². The third kappa shape index (κ3) is 4.14. The van der Waals surface area contributed by atoms with Crippen LogP contribution >= 0.6 is 0 Å². The van der Waals surface area contributed by atoms with Crippen LogP contribution in [0.2, 0.25) is 0 Å². The lowest BCUT2D eigenvalue weighted by molar-refractivity contribution is -0.120. The van der Waals surface area contributed by atoms with E-state index >= 15 is 0 Å². The van der Waals surface area contributed by atoms with Gasteiger partial charge in [0.15, 0.2) is 11.6 Å². The van der Waals surface area contributed by atoms with Crippen LogP contribution in [0, 0.1) is 31.4 Å². The molecular weight excluding hydrogens is 390 g/mol. The van der Waals surface area contributed by atoms with Crippen LogP contribution < -0.4 is 10.2 Å². The first kappa shape index (κ1) is 19.9. The molecule has 156 valence electrons. The van der Waals surface area contributed by atoms with Gasteiger partial charge in [0, 0.05) is 30.8 Å². The van der Waals surface area contributed by atoms with Crippen molar-refractivity contribution in [3.8, 4) is 5.82 Å². The monoisotopic (exact) mass is 412 g/mol. The van der Waals surface area contributed by atoms with E-state index in [1.807, 2.05) is 32.0 Å². The Labute approximate surface area is 172 Å². The van der Waals surface area contributed by atoms with E-state index < -0.39 is 11.6 Å². The van der Waals surface area contributed by atoms with Gasteiger partial charge in [0.05, 0.1) is 11.4 Å². The minimum Gasteiger partial charge on any atom is -0.355 e. The first-order valence-corrected chi connectivity index (χ1v) is 9.79. The number of nitrogens with one attached hydrogen (secondary N) is 1. The Bertz CT molecular complexity index is 1060. The number of nitrogens with zero attached hydrogens (tertiary/aromatic N) is 5. The number of piperidine rings is 1. The Morgan fingerprint density at radius 3 is 2.37 bits per heavy atom. The number of aryl methyl sites for hydroxylation is 2. The van der Waals surface area contributed by atoms with E-state index in [0.717, 1.165) is 35.4 Å². The zero-order valence-corrected chi connectivity index (χ0v) is 16.8. The minimum absolute atomic E-state index is 0.131. The Balaban J connectivity index is 1.36. The zero-order chi connectivity index (χ0) is 21.3. The molecule has 0 atom stereocenters. The molecule has 1 amide bonds. The number of halogens is 2. The lowest BCUT2D eigenvalue weighted by Crippen LogP contribution is -2.38. The van der Waals surface area contributed by atoms with Crippen LogP contribution in [0.4, 0.5) is 20.3 Å². The van der Waals surface area contributed by atoms with Gasteiger partial charge in [0.2, 0.25) is 5.91 Å². The highest BCUT2D eigenvalue weighted by atomic mass is 19.1. The summed E-state index contributed by atoms with van der Waals surface area (Å²) in [5.41, 5.74) is 1.76. The maximum Gasteiger partial charge on any atom is 0.227 e. The number of anilines is 2. The van der Waals surface area contributed by atoms with Crippen molar-refractivity contribution in [3.63, 3.8) is 0 Å². The number of hydrogen-bond donors (Lipinski definition) is 1. The van der Waals surface area contributed by atoms with Gasteiger partial charge < -0.3 is 10.2 Å². The molecule has 3 aromatic rings. The fraction of sp³-hybridized carbons (Fsp3) is 0.333. The molecule has 1 saturated heterocycles. The van der Waals surface area contributed by atoms with Crippen molar-refractivity contribution in [2.24, 2.45) is 5.92 Å². The van der Waals surface area contributed by atoms with E-state index in [0.29, 0.717) is 31.7 Å². The largest absolute Gasteiger partial charge is 0.355 e. The molecule has 1 aliphatic heterocycles. The molecule has 1 aliphatic rings. The first-order valence-electron chi connectivity index (χ1n) is 9.79. The second-order valence-corrected chi connectivity index (χ2v) is 7.46. The molecule has 1 N–H and O–H groups in total. The number of carbonyl (C=O) groups excluding carboxylic acids is 1. The average molecular weight is 412 g/mol. The highest BCUT2D eigenvalue weighted by molar-refractivity contribution is 5.92. The molecule has 9 heteroatoms. The first-order chi connectivity index (χ1) is 14.4. The predicted molar refractivity (Wildman–Crippen MR) is 109 cm³/mol. The summed E-state index contributed by atoms with van der Waals surface area (Å²) in [4.78, 5) is 14.5. The SMILES string of the molecule is Cc1cc(C)n(-c2ccc(N3CCC(C(=O)Nc4cc(F)ccc4F)CC3)nn2)n1. The van der Waals surface area contributed by atoms with Gasteiger partial charge in [-0.15, -0.1) is 10.2 Å². The minimum atomic E-state index is -0.653. The molecule has 3 heterocycles. The summed E-state index contributed by atoms with van der Waals surface area (Å²) in [5, 5.41) is 15.5. The van der Waals surface area contributed by atoms with Gasteiger partial charge in [0.25, 0.3) is 0 Å². The molecule has 1 fully saturated rings. The predicted octanol–water partition coefficient (Wildman–Crippen LogP) is 3.41. The topological polar surface area (TPSA) is 75.9 Å². The highest BCUT2D eigenvalue weighted by Gasteiger charge is 2.26. The summed E-state index contributed by atoms with van der Waals surface area (Å²) in [5.74, 6) is -0.439. The van der Waals surface area contributed by atoms with Crippen molar-refractivity contribution in [1.82, 2.24) is 20.0 Å². The smallest absolute Gasteiger partial charge is 0.227 e. The van der Waals surface area contributed by atoms with Crippen molar-refractivity contribution in [2.45, 2.75) is 26.7 Å². The summed E-state index contributed by atoms with van der Waals surface area (Å²) in [7, 11) is 0. The molecule has 0 bridgehead atoms. The lowest BCUT2D eigenvalue weighted by atomic mass is 9.96. The molecule has 1 aromatic carbocycles. The van der Waals surface area contributed by atoms with Gasteiger partial charge in [-0.05, 0) is 57.0 Å². The summed E-state index contributed by atoms with van der Waals surface area (Å²) in [6.07, 6.45) is 1.17. The van der Waals surface area contributed by atoms with E-state index in [9.17, 15) is 13.6 Å². The third-order valence-corrected chi connectivity index (χ3v) is 5.24. The second kappa shape index (κ2) is 8.17. The average Bonchev–Trinajstić information content (AvgIpc) is 3.09. The van der Waals surface area contributed by atoms with Crippen molar-refractivity contribution >= 4 is 17.4 Å². The van der Waals surface area contributed by atoms with Crippen LogP contribution in [0.5, 0.6) is 0 Å². The number of hydrogen-bond acceptors (Lipinski definition) is 5. The van der Waals surface area contributed by atoms with Crippen LogP contribution in [0.3, 0.4) is 0 Å². The number of carbonyl (C=O) groups is 1. The lowest BCUT2D eigenvalue weighted by Gasteiger charge is -2.31. The molecule has 30 heavy (non-hydrogen) atoms. The highest BCUT2D eigenvalue weighted by Crippen LogP contribution is 2.24. The Kier molecular flexibility index (Phi) is 5.43. The normalized spacial score (nSPS) is 14.7. The number of amides is 1.